The molecular formula is C27H23N3O2. The number of nitrogens with one attached hydrogen (secondary N) is 1. The summed E-state index contributed by atoms with van der Waals surface area (Å²) in [6.45, 7) is 0. The molecule has 5 heteroatoms. The van der Waals surface area contributed by atoms with E-state index in [1.807, 2.05) is 24.3 Å². The van der Waals surface area contributed by atoms with E-state index in [4.69, 9.17) is 5.11 Å². The molecule has 3 aromatic carbocycles. The molecule has 0 spiro atoms. The van der Waals surface area contributed by atoms with Crippen molar-refractivity contribution in [3.8, 4) is 0 Å². The summed E-state index contributed by atoms with van der Waals surface area (Å²) in [6.07, 6.45) is 6.38. The Balaban J connectivity index is 1.71. The van der Waals surface area contributed by atoms with Crippen molar-refractivity contribution in [3.05, 3.63) is 101 Å². The lowest BCUT2D eigenvalue weighted by molar-refractivity contribution is -0.131. The van der Waals surface area contributed by atoms with Crippen LogP contribution < -0.4 is 0 Å². The zero-order valence-corrected chi connectivity index (χ0v) is 17.5. The molecule has 5 rings (SSSR count). The summed E-state index contributed by atoms with van der Waals surface area (Å²) in [6, 6.07) is 24.9. The Labute approximate surface area is 186 Å². The van der Waals surface area contributed by atoms with Crippen molar-refractivity contribution < 1.29 is 9.90 Å². The first-order valence-electron chi connectivity index (χ1n) is 10.8. The minimum atomic E-state index is -0.952. The fourth-order valence-corrected chi connectivity index (χ4v) is 4.30. The highest BCUT2D eigenvalue weighted by Gasteiger charge is 2.27. The maximum atomic E-state index is 10.9. The number of fused-ring (bicyclic) bond motifs is 1. The van der Waals surface area contributed by atoms with Crippen molar-refractivity contribution in [3.63, 3.8) is 0 Å². The summed E-state index contributed by atoms with van der Waals surface area (Å²) in [5.41, 5.74) is 8.52. The van der Waals surface area contributed by atoms with E-state index in [-0.39, 0.29) is 0 Å². The first-order valence-corrected chi connectivity index (χ1v) is 10.8. The number of carboxylic acid groups (broad SMARTS) is 1. The van der Waals surface area contributed by atoms with Gasteiger partial charge in [0.2, 0.25) is 0 Å². The molecule has 4 aromatic rings. The average Bonchev–Trinajstić information content (AvgIpc) is 3.25. The summed E-state index contributed by atoms with van der Waals surface area (Å²) in [7, 11) is 0. The van der Waals surface area contributed by atoms with Gasteiger partial charge in [0, 0.05) is 6.08 Å². The summed E-state index contributed by atoms with van der Waals surface area (Å²) in [5, 5.41) is 20.1. The number of carbonyl (C=O) groups is 1. The topological polar surface area (TPSA) is 78.9 Å². The Morgan fingerprint density at radius 1 is 0.875 bits per heavy atom. The summed E-state index contributed by atoms with van der Waals surface area (Å²) >= 11 is 0. The quantitative estimate of drug-likeness (QED) is 0.304. The van der Waals surface area contributed by atoms with Crippen LogP contribution in [0.5, 0.6) is 0 Å². The minimum Gasteiger partial charge on any atom is -0.478 e. The number of aromatic amines is 1. The fraction of sp³-hybridized carbons (Fsp3) is 0.148. The maximum absolute atomic E-state index is 10.9. The molecule has 32 heavy (non-hydrogen) atoms. The third-order valence-electron chi connectivity index (χ3n) is 6.09. The second-order valence-corrected chi connectivity index (χ2v) is 8.10. The highest BCUT2D eigenvalue weighted by atomic mass is 16.4. The van der Waals surface area contributed by atoms with Crippen LogP contribution in [0.2, 0.25) is 0 Å². The zero-order chi connectivity index (χ0) is 21.9. The van der Waals surface area contributed by atoms with Crippen LogP contribution in [0.3, 0.4) is 0 Å². The predicted molar refractivity (Wildman–Crippen MR) is 127 cm³/mol. The SMILES string of the molecule is O=C(O)/C=C/c1ccc(/C(=C(\c2ccccc2)C2CCC2)c2ccc3n[nH]nc3c2)cc1. The first kappa shape index (κ1) is 19.9. The third-order valence-corrected chi connectivity index (χ3v) is 6.09. The largest absolute Gasteiger partial charge is 0.478 e. The first-order chi connectivity index (χ1) is 15.7. The molecule has 1 fully saturated rings. The van der Waals surface area contributed by atoms with Crippen LogP contribution >= 0.6 is 0 Å². The van der Waals surface area contributed by atoms with Crippen LogP contribution in [0, 0.1) is 5.92 Å². The van der Waals surface area contributed by atoms with Gasteiger partial charge in [-0.3, -0.25) is 0 Å². The summed E-state index contributed by atoms with van der Waals surface area (Å²) in [5.74, 6) is -0.445. The lowest BCUT2D eigenvalue weighted by Crippen LogP contribution is -2.15. The van der Waals surface area contributed by atoms with Crippen molar-refractivity contribution in [1.82, 2.24) is 15.4 Å². The van der Waals surface area contributed by atoms with Gasteiger partial charge >= 0.3 is 5.97 Å². The number of carboxylic acids is 1. The van der Waals surface area contributed by atoms with Crippen LogP contribution in [0.15, 0.2) is 78.9 Å². The van der Waals surface area contributed by atoms with Crippen LogP contribution in [-0.2, 0) is 4.79 Å². The number of hydrogen-bond acceptors (Lipinski definition) is 3. The van der Waals surface area contributed by atoms with Crippen molar-refractivity contribution in [1.29, 1.82) is 0 Å². The lowest BCUT2D eigenvalue weighted by atomic mass is 9.73. The third kappa shape index (κ3) is 3.97. The normalized spacial score (nSPS) is 15.0. The number of allylic oxidation sites excluding steroid dienone is 1. The van der Waals surface area contributed by atoms with Crippen LogP contribution in [-0.4, -0.2) is 26.5 Å². The second kappa shape index (κ2) is 8.63. The molecule has 2 N–H and O–H groups in total. The Kier molecular flexibility index (Phi) is 5.38. The molecule has 1 saturated carbocycles. The lowest BCUT2D eigenvalue weighted by Gasteiger charge is -2.31. The molecule has 0 saturated heterocycles. The molecule has 1 heterocycles. The van der Waals surface area contributed by atoms with Gasteiger partial charge in [0.25, 0.3) is 0 Å². The maximum Gasteiger partial charge on any atom is 0.328 e. The number of nitrogens with zero attached hydrogens (tertiary/aromatic N) is 2. The predicted octanol–water partition coefficient (Wildman–Crippen LogP) is 5.81. The van der Waals surface area contributed by atoms with Crippen molar-refractivity contribution in [2.75, 3.05) is 0 Å². The van der Waals surface area contributed by atoms with E-state index in [0.717, 1.165) is 33.8 Å². The number of benzene rings is 3. The standard InChI is InChI=1S/C27H23N3O2/c31-25(32)16-11-18-9-12-21(13-10-18)27(22-14-15-23-24(17-22)29-30-28-23)26(20-7-4-8-20)19-5-2-1-3-6-19/h1-3,5-6,9-17,20H,4,7-8H2,(H,31,32)(H,28,29,30)/b16-11+,27-26-. The molecule has 1 aliphatic carbocycles. The molecule has 1 aliphatic rings. The van der Waals surface area contributed by atoms with Gasteiger partial charge in [0.15, 0.2) is 0 Å². The number of H-pyrrole nitrogens is 1. The van der Waals surface area contributed by atoms with Gasteiger partial charge in [-0.2, -0.15) is 15.4 Å². The van der Waals surface area contributed by atoms with Crippen LogP contribution in [0.4, 0.5) is 0 Å². The van der Waals surface area contributed by atoms with Gasteiger partial charge in [-0.05, 0) is 70.4 Å². The molecule has 5 nitrogen and oxygen atoms in total. The van der Waals surface area contributed by atoms with Crippen molar-refractivity contribution in [2.24, 2.45) is 5.92 Å². The van der Waals surface area contributed by atoms with Gasteiger partial charge in [-0.15, -0.1) is 0 Å². The Morgan fingerprint density at radius 3 is 2.28 bits per heavy atom. The molecular weight excluding hydrogens is 398 g/mol. The summed E-state index contributed by atoms with van der Waals surface area (Å²) < 4.78 is 0. The zero-order valence-electron chi connectivity index (χ0n) is 17.5. The molecule has 0 bridgehead atoms. The van der Waals surface area contributed by atoms with Gasteiger partial charge in [0.1, 0.15) is 11.0 Å². The molecule has 0 radical (unpaired) electrons. The Bertz CT molecular complexity index is 1310. The van der Waals surface area contributed by atoms with Crippen molar-refractivity contribution in [2.45, 2.75) is 19.3 Å². The van der Waals surface area contributed by atoms with E-state index in [9.17, 15) is 4.79 Å². The van der Waals surface area contributed by atoms with Crippen LogP contribution in [0.25, 0.3) is 28.3 Å². The monoisotopic (exact) mass is 421 g/mol. The van der Waals surface area contributed by atoms with E-state index in [0.29, 0.717) is 5.92 Å². The van der Waals surface area contributed by atoms with Gasteiger partial charge < -0.3 is 5.11 Å². The van der Waals surface area contributed by atoms with E-state index < -0.39 is 5.97 Å². The van der Waals surface area contributed by atoms with E-state index in [2.05, 4.69) is 63.9 Å². The minimum absolute atomic E-state index is 0.506. The highest BCUT2D eigenvalue weighted by Crippen LogP contribution is 2.45. The van der Waals surface area contributed by atoms with E-state index in [1.165, 1.54) is 36.0 Å². The Morgan fingerprint density at radius 2 is 1.59 bits per heavy atom. The summed E-state index contributed by atoms with van der Waals surface area (Å²) in [4.78, 5) is 10.9. The van der Waals surface area contributed by atoms with Gasteiger partial charge in [0.05, 0.1) is 0 Å². The van der Waals surface area contributed by atoms with E-state index >= 15 is 0 Å². The number of aromatic nitrogens is 3. The number of rotatable bonds is 6. The fourth-order valence-electron chi connectivity index (χ4n) is 4.30. The van der Waals surface area contributed by atoms with Crippen molar-refractivity contribution >= 4 is 34.2 Å². The van der Waals surface area contributed by atoms with E-state index in [1.54, 1.807) is 6.08 Å². The molecule has 158 valence electrons. The number of hydrogen-bond donors (Lipinski definition) is 2. The average molecular weight is 422 g/mol. The molecule has 1 aromatic heterocycles. The smallest absolute Gasteiger partial charge is 0.328 e. The molecule has 0 amide bonds. The molecule has 0 atom stereocenters. The Hall–Kier alpha value is -3.99. The molecule has 0 unspecified atom stereocenters. The second-order valence-electron chi connectivity index (χ2n) is 8.10. The number of aliphatic carboxylic acids is 1. The molecule has 0 aliphatic heterocycles. The van der Waals surface area contributed by atoms with Gasteiger partial charge in [-0.25, -0.2) is 4.79 Å². The van der Waals surface area contributed by atoms with Gasteiger partial charge in [-0.1, -0.05) is 67.1 Å². The highest BCUT2D eigenvalue weighted by molar-refractivity contribution is 6.01. The van der Waals surface area contributed by atoms with Crippen LogP contribution in [0.1, 0.15) is 41.5 Å².